The van der Waals surface area contributed by atoms with Gasteiger partial charge in [-0.2, -0.15) is 0 Å². The highest BCUT2D eigenvalue weighted by Crippen LogP contribution is 2.26. The number of methoxy groups -OCH3 is 1. The molecule has 4 heteroatoms. The van der Waals surface area contributed by atoms with Crippen LogP contribution >= 0.6 is 0 Å². The zero-order valence-electron chi connectivity index (χ0n) is 9.16. The van der Waals surface area contributed by atoms with Crippen molar-refractivity contribution in [1.82, 2.24) is 9.97 Å². The number of aromatic nitrogens is 2. The van der Waals surface area contributed by atoms with Crippen LogP contribution in [-0.4, -0.2) is 17.1 Å². The number of fused-ring (bicyclic) bond motifs is 1. The highest BCUT2D eigenvalue weighted by Gasteiger charge is 2.21. The Balaban J connectivity index is 2.56. The molecule has 4 nitrogen and oxygen atoms in total. The fraction of sp³-hybridized carbons (Fsp3) is 0.364. The van der Waals surface area contributed by atoms with E-state index >= 15 is 0 Å². The van der Waals surface area contributed by atoms with Gasteiger partial charge in [-0.25, -0.2) is 4.98 Å². The Morgan fingerprint density at radius 3 is 2.80 bits per heavy atom. The maximum atomic E-state index is 5.67. The average Bonchev–Trinajstić information content (AvgIpc) is 2.61. The normalized spacial score (nSPS) is 12.2. The second-order valence-corrected chi connectivity index (χ2v) is 4.10. The molecule has 0 aliphatic carbocycles. The summed E-state index contributed by atoms with van der Waals surface area (Å²) in [6.45, 7) is 4.00. The van der Waals surface area contributed by atoms with Crippen LogP contribution in [0.1, 0.15) is 19.5 Å². The predicted molar refractivity (Wildman–Crippen MR) is 60.5 cm³/mol. The van der Waals surface area contributed by atoms with Crippen molar-refractivity contribution in [1.29, 1.82) is 0 Å². The summed E-state index contributed by atoms with van der Waals surface area (Å²) in [6, 6.07) is 3.91. The van der Waals surface area contributed by atoms with Crippen LogP contribution in [0.5, 0.6) is 0 Å². The number of pyridine rings is 1. The standard InChI is InChI=1S/C11H15N3O/c1-11(2,15-3)9-5-7-4-8(12)6-13-10(7)14-9/h4-6H,12H2,1-3H3,(H,13,14). The smallest absolute Gasteiger partial charge is 0.137 e. The van der Waals surface area contributed by atoms with E-state index in [4.69, 9.17) is 10.5 Å². The molecule has 0 aliphatic rings. The zero-order valence-corrected chi connectivity index (χ0v) is 9.16. The number of anilines is 1. The molecule has 2 rings (SSSR count). The molecule has 2 heterocycles. The maximum Gasteiger partial charge on any atom is 0.137 e. The summed E-state index contributed by atoms with van der Waals surface area (Å²) in [4.78, 5) is 7.44. The Hall–Kier alpha value is -1.55. The van der Waals surface area contributed by atoms with Gasteiger partial charge in [0.15, 0.2) is 0 Å². The number of nitrogen functional groups attached to an aromatic ring is 1. The second kappa shape index (κ2) is 3.24. The van der Waals surface area contributed by atoms with E-state index in [1.54, 1.807) is 13.3 Å². The lowest BCUT2D eigenvalue weighted by Crippen LogP contribution is -2.19. The molecule has 15 heavy (non-hydrogen) atoms. The first-order chi connectivity index (χ1) is 7.03. The van der Waals surface area contributed by atoms with Crippen molar-refractivity contribution in [3.63, 3.8) is 0 Å². The van der Waals surface area contributed by atoms with Gasteiger partial charge in [-0.05, 0) is 26.0 Å². The van der Waals surface area contributed by atoms with Gasteiger partial charge in [0, 0.05) is 18.2 Å². The van der Waals surface area contributed by atoms with E-state index in [9.17, 15) is 0 Å². The van der Waals surface area contributed by atoms with Crippen molar-refractivity contribution in [2.75, 3.05) is 12.8 Å². The fourth-order valence-corrected chi connectivity index (χ4v) is 1.47. The van der Waals surface area contributed by atoms with Crippen LogP contribution in [0.2, 0.25) is 0 Å². The van der Waals surface area contributed by atoms with Crippen molar-refractivity contribution in [2.45, 2.75) is 19.4 Å². The van der Waals surface area contributed by atoms with Crippen LogP contribution in [0.15, 0.2) is 18.3 Å². The van der Waals surface area contributed by atoms with Crippen molar-refractivity contribution < 1.29 is 4.74 Å². The van der Waals surface area contributed by atoms with Gasteiger partial charge in [0.05, 0.1) is 11.9 Å². The zero-order chi connectivity index (χ0) is 11.1. The van der Waals surface area contributed by atoms with E-state index in [1.165, 1.54) is 0 Å². The Morgan fingerprint density at radius 2 is 2.13 bits per heavy atom. The van der Waals surface area contributed by atoms with Crippen LogP contribution in [0.25, 0.3) is 11.0 Å². The van der Waals surface area contributed by atoms with E-state index in [1.807, 2.05) is 26.0 Å². The molecule has 0 fully saturated rings. The van der Waals surface area contributed by atoms with Crippen LogP contribution in [0.4, 0.5) is 5.69 Å². The van der Waals surface area contributed by atoms with Crippen molar-refractivity contribution in [3.8, 4) is 0 Å². The Morgan fingerprint density at radius 1 is 1.40 bits per heavy atom. The number of aromatic amines is 1. The van der Waals surface area contributed by atoms with E-state index in [0.29, 0.717) is 5.69 Å². The lowest BCUT2D eigenvalue weighted by atomic mass is 10.1. The number of nitrogens with two attached hydrogens (primary N) is 1. The van der Waals surface area contributed by atoms with Gasteiger partial charge in [0.2, 0.25) is 0 Å². The summed E-state index contributed by atoms with van der Waals surface area (Å²) in [7, 11) is 1.69. The first-order valence-electron chi connectivity index (χ1n) is 4.83. The van der Waals surface area contributed by atoms with Gasteiger partial charge in [0.1, 0.15) is 11.2 Å². The molecule has 0 amide bonds. The molecule has 2 aromatic rings. The third-order valence-corrected chi connectivity index (χ3v) is 2.65. The third-order valence-electron chi connectivity index (χ3n) is 2.65. The molecule has 0 spiro atoms. The van der Waals surface area contributed by atoms with Crippen LogP contribution in [0.3, 0.4) is 0 Å². The SMILES string of the molecule is COC(C)(C)c1cc2cc(N)cnc2[nH]1. The minimum absolute atomic E-state index is 0.338. The maximum absolute atomic E-state index is 5.67. The largest absolute Gasteiger partial charge is 0.397 e. The topological polar surface area (TPSA) is 63.9 Å². The minimum Gasteiger partial charge on any atom is -0.397 e. The number of rotatable bonds is 2. The molecular formula is C11H15N3O. The van der Waals surface area contributed by atoms with Crippen LogP contribution in [0, 0.1) is 0 Å². The summed E-state index contributed by atoms with van der Waals surface area (Å²) < 4.78 is 5.39. The predicted octanol–water partition coefficient (Wildman–Crippen LogP) is 2.03. The van der Waals surface area contributed by atoms with Gasteiger partial charge in [0.25, 0.3) is 0 Å². The quantitative estimate of drug-likeness (QED) is 0.788. The van der Waals surface area contributed by atoms with E-state index in [2.05, 4.69) is 9.97 Å². The molecular weight excluding hydrogens is 190 g/mol. The lowest BCUT2D eigenvalue weighted by Gasteiger charge is -2.20. The number of hydrogen-bond acceptors (Lipinski definition) is 3. The minimum atomic E-state index is -0.338. The molecule has 0 unspecified atom stereocenters. The van der Waals surface area contributed by atoms with Gasteiger partial charge >= 0.3 is 0 Å². The fourth-order valence-electron chi connectivity index (χ4n) is 1.47. The monoisotopic (exact) mass is 205 g/mol. The summed E-state index contributed by atoms with van der Waals surface area (Å²) >= 11 is 0. The van der Waals surface area contributed by atoms with Crippen LogP contribution < -0.4 is 5.73 Å². The number of H-pyrrole nitrogens is 1. The summed E-state index contributed by atoms with van der Waals surface area (Å²) in [5.41, 5.74) is 7.83. The molecule has 0 saturated carbocycles. The third kappa shape index (κ3) is 1.68. The van der Waals surface area contributed by atoms with Crippen molar-refractivity contribution in [2.24, 2.45) is 0 Å². The van der Waals surface area contributed by atoms with E-state index < -0.39 is 0 Å². The number of nitrogens with one attached hydrogen (secondary N) is 1. The number of nitrogens with zero attached hydrogens (tertiary/aromatic N) is 1. The van der Waals surface area contributed by atoms with Gasteiger partial charge in [-0.15, -0.1) is 0 Å². The molecule has 0 atom stereocenters. The Labute approximate surface area is 88.5 Å². The molecule has 0 saturated heterocycles. The van der Waals surface area contributed by atoms with Gasteiger partial charge in [-0.3, -0.25) is 0 Å². The second-order valence-electron chi connectivity index (χ2n) is 4.10. The molecule has 0 aliphatic heterocycles. The van der Waals surface area contributed by atoms with Gasteiger partial charge in [-0.1, -0.05) is 0 Å². The highest BCUT2D eigenvalue weighted by atomic mass is 16.5. The number of ether oxygens (including phenoxy) is 1. The molecule has 3 N–H and O–H groups in total. The summed E-state index contributed by atoms with van der Waals surface area (Å²) in [5.74, 6) is 0. The molecule has 0 bridgehead atoms. The van der Waals surface area contributed by atoms with Crippen LogP contribution in [-0.2, 0) is 10.3 Å². The van der Waals surface area contributed by atoms with E-state index in [-0.39, 0.29) is 5.60 Å². The molecule has 80 valence electrons. The Bertz CT molecular complexity index is 488. The first kappa shape index (κ1) is 9.98. The first-order valence-corrected chi connectivity index (χ1v) is 4.83. The van der Waals surface area contributed by atoms with E-state index in [0.717, 1.165) is 16.7 Å². The Kier molecular flexibility index (Phi) is 2.16. The summed E-state index contributed by atoms with van der Waals surface area (Å²) in [5, 5.41) is 1.01. The molecule has 0 aromatic carbocycles. The average molecular weight is 205 g/mol. The van der Waals surface area contributed by atoms with Crippen molar-refractivity contribution >= 4 is 16.7 Å². The molecule has 2 aromatic heterocycles. The highest BCUT2D eigenvalue weighted by molar-refractivity contribution is 5.79. The molecule has 0 radical (unpaired) electrons. The van der Waals surface area contributed by atoms with Gasteiger partial charge < -0.3 is 15.5 Å². The van der Waals surface area contributed by atoms with Crippen molar-refractivity contribution in [3.05, 3.63) is 24.0 Å². The summed E-state index contributed by atoms with van der Waals surface area (Å²) in [6.07, 6.45) is 1.64. The number of hydrogen-bond donors (Lipinski definition) is 2. The lowest BCUT2D eigenvalue weighted by molar-refractivity contribution is 0.0161.